The summed E-state index contributed by atoms with van der Waals surface area (Å²) in [5.74, 6) is -0.530. The number of aliphatic carboxylic acids is 1. The van der Waals surface area contributed by atoms with Crippen molar-refractivity contribution < 1.29 is 9.90 Å². The number of aryl methyl sites for hydroxylation is 1. The zero-order chi connectivity index (χ0) is 13.6. The van der Waals surface area contributed by atoms with Gasteiger partial charge in [-0.25, -0.2) is 0 Å². The van der Waals surface area contributed by atoms with Gasteiger partial charge in [0.15, 0.2) is 0 Å². The topological polar surface area (TPSA) is 53.1 Å². The molecular weight excluding hydrogens is 285 g/mol. The third-order valence-electron chi connectivity index (χ3n) is 3.82. The molecule has 5 heteroatoms. The minimum Gasteiger partial charge on any atom is -0.481 e. The van der Waals surface area contributed by atoms with Crippen molar-refractivity contribution in [2.45, 2.75) is 25.7 Å². The van der Waals surface area contributed by atoms with E-state index >= 15 is 0 Å². The predicted octanol–water partition coefficient (Wildman–Crippen LogP) is 4.05. The summed E-state index contributed by atoms with van der Waals surface area (Å²) in [7, 11) is 0. The number of rotatable bonds is 2. The molecule has 1 aromatic carbocycles. The van der Waals surface area contributed by atoms with Crippen LogP contribution in [-0.4, -0.2) is 16.1 Å². The predicted molar refractivity (Wildman–Crippen MR) is 76.1 cm³/mol. The molecule has 0 radical (unpaired) electrons. The van der Waals surface area contributed by atoms with E-state index in [9.17, 15) is 4.79 Å². The van der Waals surface area contributed by atoms with Crippen molar-refractivity contribution in [3.8, 4) is 0 Å². The summed E-state index contributed by atoms with van der Waals surface area (Å²) in [6, 6.07) is 3.79. The molecule has 1 aliphatic carbocycles. The summed E-state index contributed by atoms with van der Waals surface area (Å²) in [6.45, 7) is 0. The van der Waals surface area contributed by atoms with E-state index in [1.54, 1.807) is 0 Å². The largest absolute Gasteiger partial charge is 0.481 e. The maximum Gasteiger partial charge on any atom is 0.303 e. The Morgan fingerprint density at radius 1 is 1.42 bits per heavy atom. The molecule has 0 amide bonds. The Morgan fingerprint density at radius 3 is 2.95 bits per heavy atom. The van der Waals surface area contributed by atoms with Gasteiger partial charge < -0.3 is 10.1 Å². The van der Waals surface area contributed by atoms with Crippen LogP contribution in [0.2, 0.25) is 10.0 Å². The molecule has 2 N–H and O–H groups in total. The first kappa shape index (κ1) is 12.8. The van der Waals surface area contributed by atoms with E-state index in [1.165, 1.54) is 5.56 Å². The molecule has 1 atom stereocenters. The molecule has 2 aromatic rings. The average molecular weight is 298 g/mol. The minimum absolute atomic E-state index is 0.201. The number of hydrogen-bond acceptors (Lipinski definition) is 1. The van der Waals surface area contributed by atoms with Gasteiger partial charge >= 0.3 is 5.97 Å². The van der Waals surface area contributed by atoms with Gasteiger partial charge in [0.05, 0.1) is 15.6 Å². The fraction of sp³-hybridized carbons (Fsp3) is 0.357. The molecule has 0 aliphatic heterocycles. The lowest BCUT2D eigenvalue weighted by molar-refractivity contribution is -0.138. The Labute approximate surface area is 120 Å². The fourth-order valence-electron chi connectivity index (χ4n) is 2.93. The van der Waals surface area contributed by atoms with Gasteiger partial charge in [0.2, 0.25) is 0 Å². The van der Waals surface area contributed by atoms with Gasteiger partial charge in [-0.15, -0.1) is 0 Å². The van der Waals surface area contributed by atoms with Crippen LogP contribution >= 0.6 is 23.2 Å². The molecule has 1 heterocycles. The van der Waals surface area contributed by atoms with Crippen molar-refractivity contribution in [3.63, 3.8) is 0 Å². The Kier molecular flexibility index (Phi) is 3.19. The van der Waals surface area contributed by atoms with E-state index in [2.05, 4.69) is 4.98 Å². The van der Waals surface area contributed by atoms with Crippen molar-refractivity contribution >= 4 is 40.1 Å². The molecule has 3 nitrogen and oxygen atoms in total. The zero-order valence-electron chi connectivity index (χ0n) is 10.2. The van der Waals surface area contributed by atoms with Crippen molar-refractivity contribution in [1.82, 2.24) is 4.98 Å². The molecule has 0 spiro atoms. The van der Waals surface area contributed by atoms with Crippen LogP contribution in [0.1, 0.15) is 24.1 Å². The lowest BCUT2D eigenvalue weighted by Gasteiger charge is -2.20. The second-order valence-corrected chi connectivity index (χ2v) is 5.86. The lowest BCUT2D eigenvalue weighted by Crippen LogP contribution is -2.17. The normalized spacial score (nSPS) is 18.5. The lowest BCUT2D eigenvalue weighted by atomic mass is 9.85. The standard InChI is InChI=1S/C14H13Cl2NO2/c15-10-4-3-9-8-2-1-7(6-12(18)19)5-11(8)17-14(9)13(10)16/h3-4,7,17H,1-2,5-6H2,(H,18,19). The van der Waals surface area contributed by atoms with E-state index < -0.39 is 5.97 Å². The Hall–Kier alpha value is -1.19. The number of fused-ring (bicyclic) bond motifs is 3. The van der Waals surface area contributed by atoms with Crippen LogP contribution in [-0.2, 0) is 17.6 Å². The molecule has 19 heavy (non-hydrogen) atoms. The van der Waals surface area contributed by atoms with Gasteiger partial charge in [-0.3, -0.25) is 4.79 Å². The van der Waals surface area contributed by atoms with E-state index in [0.29, 0.717) is 10.0 Å². The van der Waals surface area contributed by atoms with Crippen LogP contribution in [0.5, 0.6) is 0 Å². The highest BCUT2D eigenvalue weighted by molar-refractivity contribution is 6.45. The summed E-state index contributed by atoms with van der Waals surface area (Å²) in [6.07, 6.45) is 2.80. The molecular formula is C14H13Cl2NO2. The summed E-state index contributed by atoms with van der Waals surface area (Å²) in [5, 5.41) is 11.1. The fourth-order valence-corrected chi connectivity index (χ4v) is 3.30. The maximum atomic E-state index is 10.8. The molecule has 100 valence electrons. The third-order valence-corrected chi connectivity index (χ3v) is 4.62. The maximum absolute atomic E-state index is 10.8. The van der Waals surface area contributed by atoms with Crippen LogP contribution in [0.3, 0.4) is 0 Å². The quantitative estimate of drug-likeness (QED) is 0.878. The summed E-state index contributed by atoms with van der Waals surface area (Å²) in [5.41, 5.74) is 3.24. The Bertz CT molecular complexity index is 663. The summed E-state index contributed by atoms with van der Waals surface area (Å²) in [4.78, 5) is 14.1. The number of H-pyrrole nitrogens is 1. The second kappa shape index (κ2) is 4.73. The minimum atomic E-state index is -0.731. The Morgan fingerprint density at radius 2 is 2.21 bits per heavy atom. The number of nitrogens with one attached hydrogen (secondary N) is 1. The number of aromatic nitrogens is 1. The first-order valence-corrected chi connectivity index (χ1v) is 7.01. The van der Waals surface area contributed by atoms with Crippen LogP contribution in [0.4, 0.5) is 0 Å². The molecule has 3 rings (SSSR count). The molecule has 1 aromatic heterocycles. The van der Waals surface area contributed by atoms with Gasteiger partial charge in [0.25, 0.3) is 0 Å². The van der Waals surface area contributed by atoms with Gasteiger partial charge in [-0.05, 0) is 36.8 Å². The van der Waals surface area contributed by atoms with E-state index in [4.69, 9.17) is 28.3 Å². The second-order valence-electron chi connectivity index (χ2n) is 5.07. The van der Waals surface area contributed by atoms with Gasteiger partial charge in [-0.1, -0.05) is 29.3 Å². The highest BCUT2D eigenvalue weighted by Crippen LogP contribution is 2.37. The van der Waals surface area contributed by atoms with Gasteiger partial charge in [0.1, 0.15) is 0 Å². The van der Waals surface area contributed by atoms with E-state index in [0.717, 1.165) is 35.9 Å². The monoisotopic (exact) mass is 297 g/mol. The van der Waals surface area contributed by atoms with Crippen LogP contribution in [0.15, 0.2) is 12.1 Å². The molecule has 1 unspecified atom stereocenters. The van der Waals surface area contributed by atoms with Gasteiger partial charge in [0, 0.05) is 17.5 Å². The molecule has 0 bridgehead atoms. The molecule has 0 saturated carbocycles. The van der Waals surface area contributed by atoms with Gasteiger partial charge in [-0.2, -0.15) is 0 Å². The highest BCUT2D eigenvalue weighted by Gasteiger charge is 2.24. The summed E-state index contributed by atoms with van der Waals surface area (Å²) >= 11 is 12.2. The SMILES string of the molecule is O=C(O)CC1CCc2c([nH]c3c(Cl)c(Cl)ccc23)C1. The van der Waals surface area contributed by atoms with Crippen molar-refractivity contribution in [2.24, 2.45) is 5.92 Å². The number of carbonyl (C=O) groups is 1. The number of halogens is 2. The number of carboxylic acid groups (broad SMARTS) is 1. The van der Waals surface area contributed by atoms with Crippen molar-refractivity contribution in [2.75, 3.05) is 0 Å². The highest BCUT2D eigenvalue weighted by atomic mass is 35.5. The number of hydrogen-bond donors (Lipinski definition) is 2. The van der Waals surface area contributed by atoms with Crippen LogP contribution in [0.25, 0.3) is 10.9 Å². The molecule has 0 saturated heterocycles. The number of benzene rings is 1. The van der Waals surface area contributed by atoms with Crippen molar-refractivity contribution in [1.29, 1.82) is 0 Å². The first-order valence-electron chi connectivity index (χ1n) is 6.25. The zero-order valence-corrected chi connectivity index (χ0v) is 11.7. The van der Waals surface area contributed by atoms with Crippen LogP contribution in [0, 0.1) is 5.92 Å². The van der Waals surface area contributed by atoms with Crippen LogP contribution < -0.4 is 0 Å². The first-order chi connectivity index (χ1) is 9.06. The average Bonchev–Trinajstić information content (AvgIpc) is 2.71. The molecule has 1 aliphatic rings. The van der Waals surface area contributed by atoms with Crippen molar-refractivity contribution in [3.05, 3.63) is 33.4 Å². The van der Waals surface area contributed by atoms with E-state index in [-0.39, 0.29) is 12.3 Å². The number of aromatic amines is 1. The van der Waals surface area contributed by atoms with E-state index in [1.807, 2.05) is 12.1 Å². The number of carboxylic acids is 1. The Balaban J connectivity index is 2.02. The smallest absolute Gasteiger partial charge is 0.303 e. The summed E-state index contributed by atoms with van der Waals surface area (Å²) < 4.78 is 0. The molecule has 0 fully saturated rings. The third kappa shape index (κ3) is 2.21.